The molecule has 0 radical (unpaired) electrons. The molecule has 1 unspecified atom stereocenters. The summed E-state index contributed by atoms with van der Waals surface area (Å²) in [6, 6.07) is 22.4. The summed E-state index contributed by atoms with van der Waals surface area (Å²) in [6.07, 6.45) is 3.28. The number of ether oxygens (including phenoxy) is 1. The molecule has 1 N–H and O–H groups in total. The van der Waals surface area contributed by atoms with Crippen LogP contribution in [0, 0.1) is 5.92 Å². The normalized spacial score (nSPS) is 15.7. The number of halogens is 1. The summed E-state index contributed by atoms with van der Waals surface area (Å²) >= 11 is 4.59. The van der Waals surface area contributed by atoms with Gasteiger partial charge in [-0.2, -0.15) is 0 Å². The fraction of sp³-hybridized carbons (Fsp3) is 0.259. The third-order valence-corrected chi connectivity index (χ3v) is 7.26. The summed E-state index contributed by atoms with van der Waals surface area (Å²) in [5, 5.41) is 1.90. The lowest BCUT2D eigenvalue weighted by Gasteiger charge is -2.21. The van der Waals surface area contributed by atoms with Crippen LogP contribution in [0.4, 0.5) is 0 Å². The lowest BCUT2D eigenvalue weighted by Crippen LogP contribution is -2.17. The van der Waals surface area contributed by atoms with Gasteiger partial charge in [-0.05, 0) is 65.6 Å². The van der Waals surface area contributed by atoms with Crippen LogP contribution in [0.5, 0.6) is 0 Å². The van der Waals surface area contributed by atoms with Crippen molar-refractivity contribution < 1.29 is 13.5 Å². The maximum absolute atomic E-state index is 10.9. The van der Waals surface area contributed by atoms with Crippen LogP contribution in [-0.4, -0.2) is 27.0 Å². The molecule has 4 aromatic rings. The molecular formula is C27H25ClNO3S-. The van der Waals surface area contributed by atoms with Crippen LogP contribution in [0.1, 0.15) is 24.1 Å². The summed E-state index contributed by atoms with van der Waals surface area (Å²) in [5.74, 6) is 0.710. The molecule has 6 heteroatoms. The van der Waals surface area contributed by atoms with Gasteiger partial charge in [-0.3, -0.25) is 4.21 Å². The zero-order valence-corrected chi connectivity index (χ0v) is 19.8. The van der Waals surface area contributed by atoms with Crippen molar-refractivity contribution in [3.8, 4) is 22.3 Å². The highest BCUT2D eigenvalue weighted by atomic mass is 35.5. The maximum Gasteiger partial charge on any atom is 0.0505 e. The zero-order valence-electron chi connectivity index (χ0n) is 18.2. The molecule has 0 saturated carbocycles. The first-order valence-electron chi connectivity index (χ1n) is 11.2. The van der Waals surface area contributed by atoms with Crippen LogP contribution >= 0.6 is 11.6 Å². The third-order valence-electron chi connectivity index (χ3n) is 6.38. The van der Waals surface area contributed by atoms with Crippen molar-refractivity contribution in [1.82, 2.24) is 4.98 Å². The van der Waals surface area contributed by atoms with E-state index in [1.807, 2.05) is 30.3 Å². The van der Waals surface area contributed by atoms with Crippen LogP contribution in [-0.2, 0) is 28.0 Å². The number of hydrogen-bond donors (Lipinski definition) is 1. The van der Waals surface area contributed by atoms with Gasteiger partial charge >= 0.3 is 0 Å². The molecule has 2 heterocycles. The molecule has 1 saturated heterocycles. The van der Waals surface area contributed by atoms with Gasteiger partial charge < -0.3 is 14.3 Å². The molecule has 4 nitrogen and oxygen atoms in total. The Hall–Kier alpha value is -2.44. The van der Waals surface area contributed by atoms with Crippen molar-refractivity contribution in [2.45, 2.75) is 25.0 Å². The van der Waals surface area contributed by atoms with Crippen molar-refractivity contribution >= 4 is 33.6 Å². The van der Waals surface area contributed by atoms with Crippen LogP contribution < -0.4 is 0 Å². The van der Waals surface area contributed by atoms with Gasteiger partial charge in [-0.1, -0.05) is 71.2 Å². The lowest BCUT2D eigenvalue weighted by molar-refractivity contribution is 0.0663. The predicted octanol–water partition coefficient (Wildman–Crippen LogP) is 6.50. The van der Waals surface area contributed by atoms with E-state index in [1.54, 1.807) is 0 Å². The van der Waals surface area contributed by atoms with Gasteiger partial charge in [0.15, 0.2) is 0 Å². The Morgan fingerprint density at radius 3 is 2.24 bits per heavy atom. The minimum atomic E-state index is -2.08. The first kappa shape index (κ1) is 22.4. The molecule has 33 heavy (non-hydrogen) atoms. The molecule has 0 aliphatic carbocycles. The largest absolute Gasteiger partial charge is 0.772 e. The number of rotatable bonds is 6. The van der Waals surface area contributed by atoms with Gasteiger partial charge in [0, 0.05) is 41.1 Å². The number of H-pyrrole nitrogens is 1. The molecule has 0 bridgehead atoms. The number of fused-ring (bicyclic) bond motifs is 1. The van der Waals surface area contributed by atoms with Gasteiger partial charge in [0.1, 0.15) is 0 Å². The van der Waals surface area contributed by atoms with E-state index in [2.05, 4.69) is 41.4 Å². The Balaban J connectivity index is 1.36. The minimum absolute atomic E-state index is 0.0378. The maximum atomic E-state index is 10.9. The van der Waals surface area contributed by atoms with Gasteiger partial charge in [0.25, 0.3) is 0 Å². The van der Waals surface area contributed by atoms with Gasteiger partial charge in [-0.15, -0.1) is 0 Å². The molecule has 1 aliphatic heterocycles. The summed E-state index contributed by atoms with van der Waals surface area (Å²) in [4.78, 5) is 3.55. The molecule has 0 spiro atoms. The second kappa shape index (κ2) is 9.82. The zero-order chi connectivity index (χ0) is 22.8. The van der Waals surface area contributed by atoms with Crippen LogP contribution in [0.2, 0.25) is 5.02 Å². The number of benzene rings is 3. The molecular weight excluding hydrogens is 454 g/mol. The number of aromatic nitrogens is 1. The van der Waals surface area contributed by atoms with Crippen molar-refractivity contribution in [2.75, 3.05) is 13.2 Å². The fourth-order valence-corrected chi connectivity index (χ4v) is 5.32. The van der Waals surface area contributed by atoms with Crippen LogP contribution in [0.25, 0.3) is 33.2 Å². The molecule has 170 valence electrons. The highest BCUT2D eigenvalue weighted by Crippen LogP contribution is 2.34. The summed E-state index contributed by atoms with van der Waals surface area (Å²) < 4.78 is 27.2. The highest BCUT2D eigenvalue weighted by Gasteiger charge is 2.16. The van der Waals surface area contributed by atoms with E-state index in [-0.39, 0.29) is 5.75 Å². The molecule has 1 fully saturated rings. The number of nitrogens with one attached hydrogen (secondary N) is 1. The van der Waals surface area contributed by atoms with Crippen molar-refractivity contribution in [1.29, 1.82) is 0 Å². The number of aromatic amines is 1. The fourth-order valence-electron chi connectivity index (χ4n) is 4.58. The first-order valence-corrected chi connectivity index (χ1v) is 12.8. The lowest BCUT2D eigenvalue weighted by atomic mass is 9.95. The Morgan fingerprint density at radius 2 is 1.58 bits per heavy atom. The minimum Gasteiger partial charge on any atom is -0.772 e. The molecule has 1 atom stereocenters. The third kappa shape index (κ3) is 5.22. The topological polar surface area (TPSA) is 65.2 Å². The molecule has 0 amide bonds. The second-order valence-corrected chi connectivity index (χ2v) is 10.00. The molecule has 1 aromatic heterocycles. The van der Waals surface area contributed by atoms with Crippen molar-refractivity contribution in [3.05, 3.63) is 83.0 Å². The van der Waals surface area contributed by atoms with E-state index >= 15 is 0 Å². The Morgan fingerprint density at radius 1 is 0.939 bits per heavy atom. The standard InChI is InChI=1S/C27H26ClNO3S/c28-26-16-27-23(14-24(29-27)13-18-9-11-32-12-10-18)15-25(26)22-7-5-21(6-8-22)20-3-1-19(2-4-20)17-33(30)31/h1-8,14-16,18,29H,9-13,17H2,(H,30,31)/p-1. The van der Waals surface area contributed by atoms with Crippen LogP contribution in [0.3, 0.4) is 0 Å². The summed E-state index contributed by atoms with van der Waals surface area (Å²) in [7, 11) is 0. The van der Waals surface area contributed by atoms with Gasteiger partial charge in [0.2, 0.25) is 0 Å². The van der Waals surface area contributed by atoms with Gasteiger partial charge in [-0.25, -0.2) is 0 Å². The predicted molar refractivity (Wildman–Crippen MR) is 134 cm³/mol. The highest BCUT2D eigenvalue weighted by molar-refractivity contribution is 7.78. The molecule has 1 aliphatic rings. The molecule has 5 rings (SSSR count). The van der Waals surface area contributed by atoms with Crippen molar-refractivity contribution in [2.24, 2.45) is 5.92 Å². The summed E-state index contributed by atoms with van der Waals surface area (Å²) in [6.45, 7) is 1.73. The van der Waals surface area contributed by atoms with E-state index in [0.29, 0.717) is 5.92 Å². The average molecular weight is 479 g/mol. The Kier molecular flexibility index (Phi) is 6.65. The monoisotopic (exact) mass is 478 g/mol. The Labute approximate surface area is 201 Å². The van der Waals surface area contributed by atoms with Crippen molar-refractivity contribution in [3.63, 3.8) is 0 Å². The second-order valence-electron chi connectivity index (χ2n) is 8.70. The smallest absolute Gasteiger partial charge is 0.0505 e. The first-order chi connectivity index (χ1) is 16.0. The van der Waals surface area contributed by atoms with E-state index < -0.39 is 11.1 Å². The number of hydrogen-bond acceptors (Lipinski definition) is 3. The quantitative estimate of drug-likeness (QED) is 0.321. The SMILES string of the molecule is O=S([O-])Cc1ccc(-c2ccc(-c3cc4cc(CC5CCOCC5)[nH]c4cc3Cl)cc2)cc1. The van der Waals surface area contributed by atoms with E-state index in [0.717, 1.165) is 70.8 Å². The van der Waals surface area contributed by atoms with E-state index in [9.17, 15) is 8.76 Å². The van der Waals surface area contributed by atoms with E-state index in [1.165, 1.54) is 11.1 Å². The Bertz CT molecular complexity index is 1280. The van der Waals surface area contributed by atoms with Gasteiger partial charge in [0.05, 0.1) is 5.02 Å². The summed E-state index contributed by atoms with van der Waals surface area (Å²) in [5.41, 5.74) is 7.31. The average Bonchev–Trinajstić information content (AvgIpc) is 3.20. The molecule has 3 aromatic carbocycles. The van der Waals surface area contributed by atoms with E-state index in [4.69, 9.17) is 16.3 Å². The van der Waals surface area contributed by atoms with Crippen LogP contribution in [0.15, 0.2) is 66.7 Å².